The Balaban J connectivity index is 1.54. The number of piperazine rings is 1. The van der Waals surface area contributed by atoms with Crippen molar-refractivity contribution in [2.45, 2.75) is 44.3 Å². The van der Waals surface area contributed by atoms with Crippen LogP contribution in [0.3, 0.4) is 0 Å². The first-order valence-electron chi connectivity index (χ1n) is 9.61. The van der Waals surface area contributed by atoms with Gasteiger partial charge in [0.25, 0.3) is 0 Å². The maximum absolute atomic E-state index is 11.3. The lowest BCUT2D eigenvalue weighted by molar-refractivity contribution is 0.0490. The Hall–Kier alpha value is -2.71. The number of piperidine rings is 1. The average Bonchev–Trinajstić information content (AvgIpc) is 2.71. The van der Waals surface area contributed by atoms with E-state index >= 15 is 0 Å². The molecule has 3 heterocycles. The largest absolute Gasteiger partial charge is 0.505 e. The summed E-state index contributed by atoms with van der Waals surface area (Å²) < 4.78 is 0. The van der Waals surface area contributed by atoms with Gasteiger partial charge in [0.2, 0.25) is 0 Å². The fraction of sp³-hybridized carbons (Fsp3) is 0.450. The summed E-state index contributed by atoms with van der Waals surface area (Å²) in [4.78, 5) is 18.0. The molecule has 3 aliphatic heterocycles. The summed E-state index contributed by atoms with van der Waals surface area (Å²) in [6.07, 6.45) is 2.34. The van der Waals surface area contributed by atoms with E-state index in [1.165, 1.54) is 6.42 Å². The van der Waals surface area contributed by atoms with E-state index in [9.17, 15) is 15.1 Å². The van der Waals surface area contributed by atoms with E-state index in [2.05, 4.69) is 27.3 Å². The monoisotopic (exact) mass is 383 g/mol. The van der Waals surface area contributed by atoms with Crippen LogP contribution in [-0.2, 0) is 0 Å². The number of amidine groups is 1. The normalized spacial score (nSPS) is 23.4. The predicted octanol–water partition coefficient (Wildman–Crippen LogP) is 2.84. The fourth-order valence-electron chi connectivity index (χ4n) is 4.20. The topological polar surface area (TPSA) is 124 Å². The number of hydrogen-bond donors (Lipinski definition) is 4. The summed E-state index contributed by atoms with van der Waals surface area (Å²) in [7, 11) is 0. The third-order valence-corrected chi connectivity index (χ3v) is 5.88. The highest BCUT2D eigenvalue weighted by Gasteiger charge is 2.37. The number of phenolic OH excluding ortho intramolecular Hbond substituents is 2. The number of nitroso groups, excluding NO2 is 1. The molecule has 2 bridgehead atoms. The van der Waals surface area contributed by atoms with Crippen LogP contribution in [-0.4, -0.2) is 52.2 Å². The summed E-state index contributed by atoms with van der Waals surface area (Å²) >= 11 is 0. The molecule has 0 aliphatic carbocycles. The van der Waals surface area contributed by atoms with E-state index in [1.54, 1.807) is 24.3 Å². The first kappa shape index (κ1) is 18.6. The predicted molar refractivity (Wildman–Crippen MR) is 110 cm³/mol. The third kappa shape index (κ3) is 3.29. The molecular formula is C20H25N5O3. The van der Waals surface area contributed by atoms with Crippen molar-refractivity contribution in [2.24, 2.45) is 10.2 Å². The molecule has 5 N–H and O–H groups in total. The van der Waals surface area contributed by atoms with Crippen LogP contribution in [0.5, 0.6) is 11.5 Å². The Morgan fingerprint density at radius 3 is 2.46 bits per heavy atom. The van der Waals surface area contributed by atoms with E-state index in [0.29, 0.717) is 35.3 Å². The summed E-state index contributed by atoms with van der Waals surface area (Å²) in [6.45, 7) is 4.18. The number of phenols is 2. The molecule has 3 atom stereocenters. The van der Waals surface area contributed by atoms with Crippen LogP contribution in [0.2, 0.25) is 0 Å². The Bertz CT molecular complexity index is 929. The molecule has 3 unspecified atom stereocenters. The lowest BCUT2D eigenvalue weighted by Gasteiger charge is -2.50. The van der Waals surface area contributed by atoms with E-state index in [0.717, 1.165) is 19.5 Å². The molecule has 0 aromatic heterocycles. The quantitative estimate of drug-likeness (QED) is 0.157. The lowest BCUT2D eigenvalue weighted by atomic mass is 9.90. The summed E-state index contributed by atoms with van der Waals surface area (Å²) in [5, 5.41) is 28.3. The van der Waals surface area contributed by atoms with Crippen LogP contribution in [0, 0.1) is 4.91 Å². The average molecular weight is 383 g/mol. The van der Waals surface area contributed by atoms with Crippen LogP contribution in [0.15, 0.2) is 34.4 Å². The standard InChI is InChI=1S/C20H25N5O3/c1-11(25-9-12-8-13(10-25)22-12)6-7-16(24-28)23-18-17(21)19(26)14-4-2-3-5-15(14)20(18)27/h2-5,11-13,22,26-27H,6-10,21H2,1H3. The number of anilines is 1. The molecule has 8 nitrogen and oxygen atoms in total. The third-order valence-electron chi connectivity index (χ3n) is 5.88. The lowest BCUT2D eigenvalue weighted by Crippen LogP contribution is -2.67. The van der Waals surface area contributed by atoms with E-state index in [1.807, 2.05) is 0 Å². The smallest absolute Gasteiger partial charge is 0.173 e. The molecule has 0 spiro atoms. The number of nitrogens with two attached hydrogens (primary N) is 1. The van der Waals surface area contributed by atoms with Gasteiger partial charge in [-0.1, -0.05) is 24.3 Å². The molecular weight excluding hydrogens is 358 g/mol. The summed E-state index contributed by atoms with van der Waals surface area (Å²) in [5.74, 6) is -0.267. The van der Waals surface area contributed by atoms with Gasteiger partial charge < -0.3 is 21.3 Å². The molecule has 148 valence electrons. The van der Waals surface area contributed by atoms with Gasteiger partial charge in [-0.15, -0.1) is 4.91 Å². The SMILES string of the molecule is CC(CCC(N=O)=Nc1c(N)c(O)c2ccccc2c1O)N1CC2CC(C1)N2. The number of benzene rings is 2. The minimum absolute atomic E-state index is 0.0122. The van der Waals surface area contributed by atoms with Gasteiger partial charge in [0.1, 0.15) is 17.1 Å². The Morgan fingerprint density at radius 2 is 1.86 bits per heavy atom. The number of hydrogen-bond acceptors (Lipinski definition) is 7. The number of fused-ring (bicyclic) bond motifs is 3. The minimum atomic E-state index is -0.165. The van der Waals surface area contributed by atoms with Crippen molar-refractivity contribution >= 4 is 28.0 Å². The molecule has 8 heteroatoms. The maximum atomic E-state index is 11.3. The van der Waals surface area contributed by atoms with Crippen molar-refractivity contribution < 1.29 is 10.2 Å². The van der Waals surface area contributed by atoms with E-state index in [-0.39, 0.29) is 28.7 Å². The summed E-state index contributed by atoms with van der Waals surface area (Å²) in [5.41, 5.74) is 5.89. The molecule has 0 saturated carbocycles. The highest BCUT2D eigenvalue weighted by Crippen LogP contribution is 2.46. The van der Waals surface area contributed by atoms with Crippen LogP contribution in [0.25, 0.3) is 10.8 Å². The van der Waals surface area contributed by atoms with Gasteiger partial charge in [-0.25, -0.2) is 4.99 Å². The number of nitrogens with one attached hydrogen (secondary N) is 1. The molecule has 3 saturated heterocycles. The van der Waals surface area contributed by atoms with Crippen molar-refractivity contribution in [3.05, 3.63) is 29.2 Å². The van der Waals surface area contributed by atoms with Crippen LogP contribution in [0.1, 0.15) is 26.2 Å². The summed E-state index contributed by atoms with van der Waals surface area (Å²) in [6, 6.07) is 8.26. The van der Waals surface area contributed by atoms with Gasteiger partial charge in [0.05, 0.1) is 0 Å². The van der Waals surface area contributed by atoms with Gasteiger partial charge in [0, 0.05) is 48.4 Å². The number of nitrogens with zero attached hydrogens (tertiary/aromatic N) is 3. The first-order valence-corrected chi connectivity index (χ1v) is 9.61. The second-order valence-electron chi connectivity index (χ2n) is 7.76. The Kier molecular flexibility index (Phi) is 4.91. The molecule has 2 aromatic rings. The van der Waals surface area contributed by atoms with Gasteiger partial charge in [0.15, 0.2) is 11.6 Å². The van der Waals surface area contributed by atoms with Gasteiger partial charge in [-0.3, -0.25) is 4.90 Å². The Morgan fingerprint density at radius 1 is 1.25 bits per heavy atom. The van der Waals surface area contributed by atoms with Crippen molar-refractivity contribution in [1.29, 1.82) is 0 Å². The molecule has 3 aliphatic rings. The van der Waals surface area contributed by atoms with Crippen LogP contribution < -0.4 is 11.1 Å². The van der Waals surface area contributed by atoms with Crippen molar-refractivity contribution in [3.63, 3.8) is 0 Å². The number of aliphatic imine (C=N–C) groups is 1. The zero-order chi connectivity index (χ0) is 19.8. The number of aromatic hydroxyl groups is 2. The zero-order valence-electron chi connectivity index (χ0n) is 15.8. The van der Waals surface area contributed by atoms with Gasteiger partial charge >= 0.3 is 0 Å². The first-order chi connectivity index (χ1) is 13.5. The fourth-order valence-corrected chi connectivity index (χ4v) is 4.20. The van der Waals surface area contributed by atoms with Crippen molar-refractivity contribution in [1.82, 2.24) is 10.2 Å². The highest BCUT2D eigenvalue weighted by molar-refractivity contribution is 6.04. The second-order valence-corrected chi connectivity index (χ2v) is 7.76. The van der Waals surface area contributed by atoms with Crippen molar-refractivity contribution in [2.75, 3.05) is 18.8 Å². The second kappa shape index (κ2) is 7.37. The van der Waals surface area contributed by atoms with Gasteiger partial charge in [-0.2, -0.15) is 0 Å². The molecule has 3 fully saturated rings. The van der Waals surface area contributed by atoms with Crippen LogP contribution in [0.4, 0.5) is 11.4 Å². The van der Waals surface area contributed by atoms with E-state index in [4.69, 9.17) is 5.73 Å². The molecule has 0 amide bonds. The van der Waals surface area contributed by atoms with Crippen LogP contribution >= 0.6 is 0 Å². The molecule has 28 heavy (non-hydrogen) atoms. The molecule has 2 aromatic carbocycles. The zero-order valence-corrected chi connectivity index (χ0v) is 15.8. The Labute approximate surface area is 163 Å². The van der Waals surface area contributed by atoms with Crippen molar-refractivity contribution in [3.8, 4) is 11.5 Å². The number of rotatable bonds is 5. The molecule has 0 radical (unpaired) electrons. The maximum Gasteiger partial charge on any atom is 0.173 e. The molecule has 5 rings (SSSR count). The highest BCUT2D eigenvalue weighted by atomic mass is 16.3. The number of nitrogen functional groups attached to an aromatic ring is 1. The van der Waals surface area contributed by atoms with E-state index < -0.39 is 0 Å². The van der Waals surface area contributed by atoms with Gasteiger partial charge in [-0.05, 0) is 24.9 Å². The minimum Gasteiger partial charge on any atom is -0.505 e.